The Bertz CT molecular complexity index is 547. The Hall–Kier alpha value is -2.08. The normalized spacial score (nSPS) is 13.3. The molecule has 0 atom stereocenters. The average Bonchev–Trinajstić information content (AvgIpc) is 2.54. The van der Waals surface area contributed by atoms with Gasteiger partial charge in [-0.05, 0) is 30.5 Å². The molecular formula is C13H10O3. The molecule has 1 aliphatic heterocycles. The van der Waals surface area contributed by atoms with Crippen LogP contribution in [0.5, 0.6) is 0 Å². The first-order chi connectivity index (χ1) is 7.60. The first-order valence-corrected chi connectivity index (χ1v) is 4.99. The lowest BCUT2D eigenvalue weighted by atomic mass is 9.92. The van der Waals surface area contributed by atoms with Gasteiger partial charge in [0.2, 0.25) is 0 Å². The molecule has 1 aliphatic rings. The lowest BCUT2D eigenvalue weighted by molar-refractivity contribution is 0.0443. The lowest BCUT2D eigenvalue weighted by Crippen LogP contribution is -2.02. The molecule has 0 amide bonds. The molecule has 0 saturated heterocycles. The molecule has 1 aromatic rings. The zero-order chi connectivity index (χ0) is 11.9. The van der Waals surface area contributed by atoms with E-state index in [4.69, 9.17) is 6.42 Å². The van der Waals surface area contributed by atoms with Crippen LogP contribution in [-0.4, -0.2) is 11.9 Å². The van der Waals surface area contributed by atoms with E-state index in [2.05, 4.69) is 10.7 Å². The number of esters is 2. The Balaban J connectivity index is 2.84. The van der Waals surface area contributed by atoms with Gasteiger partial charge < -0.3 is 4.74 Å². The number of aryl methyl sites for hydroxylation is 1. The van der Waals surface area contributed by atoms with Gasteiger partial charge in [0.25, 0.3) is 0 Å². The number of terminal acetylenes is 1. The van der Waals surface area contributed by atoms with Crippen molar-refractivity contribution in [3.05, 3.63) is 33.9 Å². The molecule has 0 fully saturated rings. The number of rotatable bonds is 1. The topological polar surface area (TPSA) is 43.4 Å². The standard InChI is InChI=1S/C13H10O3/c1-4-8-6-10-11(9(5-2)7(8)3)13(15)16-12(10)14/h2,6H,4H2,1,3H3. The van der Waals surface area contributed by atoms with E-state index >= 15 is 0 Å². The first-order valence-electron chi connectivity index (χ1n) is 4.99. The van der Waals surface area contributed by atoms with Crippen molar-refractivity contribution in [3.63, 3.8) is 0 Å². The summed E-state index contributed by atoms with van der Waals surface area (Å²) in [5.74, 6) is 1.22. The minimum atomic E-state index is -0.640. The maximum Gasteiger partial charge on any atom is 0.348 e. The summed E-state index contributed by atoms with van der Waals surface area (Å²) in [5.41, 5.74) is 2.85. The highest BCUT2D eigenvalue weighted by molar-refractivity contribution is 6.16. The zero-order valence-corrected chi connectivity index (χ0v) is 9.09. The monoisotopic (exact) mass is 214 g/mol. The molecule has 0 radical (unpaired) electrons. The van der Waals surface area contributed by atoms with Gasteiger partial charge in [0.05, 0.1) is 11.1 Å². The van der Waals surface area contributed by atoms with Crippen LogP contribution >= 0.6 is 0 Å². The predicted molar refractivity (Wildman–Crippen MR) is 58.2 cm³/mol. The minimum absolute atomic E-state index is 0.238. The highest BCUT2D eigenvalue weighted by Gasteiger charge is 2.33. The van der Waals surface area contributed by atoms with Crippen molar-refractivity contribution in [3.8, 4) is 12.3 Å². The Kier molecular flexibility index (Phi) is 2.28. The fourth-order valence-electron chi connectivity index (χ4n) is 1.95. The summed E-state index contributed by atoms with van der Waals surface area (Å²) in [5, 5.41) is 0. The quantitative estimate of drug-likeness (QED) is 0.407. The molecule has 0 N–H and O–H groups in total. The molecule has 1 heterocycles. The van der Waals surface area contributed by atoms with Gasteiger partial charge in [0.1, 0.15) is 0 Å². The van der Waals surface area contributed by atoms with Crippen LogP contribution in [0.3, 0.4) is 0 Å². The van der Waals surface area contributed by atoms with Crippen molar-refractivity contribution < 1.29 is 14.3 Å². The van der Waals surface area contributed by atoms with Gasteiger partial charge in [-0.15, -0.1) is 6.42 Å². The van der Waals surface area contributed by atoms with Crippen molar-refractivity contribution >= 4 is 11.9 Å². The zero-order valence-electron chi connectivity index (χ0n) is 9.09. The largest absolute Gasteiger partial charge is 0.386 e. The molecule has 16 heavy (non-hydrogen) atoms. The molecule has 3 heteroatoms. The van der Waals surface area contributed by atoms with Gasteiger partial charge in [-0.2, -0.15) is 0 Å². The highest BCUT2D eigenvalue weighted by Crippen LogP contribution is 2.28. The van der Waals surface area contributed by atoms with Crippen molar-refractivity contribution in [2.75, 3.05) is 0 Å². The molecule has 0 aliphatic carbocycles. The van der Waals surface area contributed by atoms with Gasteiger partial charge in [-0.1, -0.05) is 12.8 Å². The average molecular weight is 214 g/mol. The molecule has 0 saturated carbocycles. The number of fused-ring (bicyclic) bond motifs is 1. The summed E-state index contributed by atoms with van der Waals surface area (Å²) < 4.78 is 4.56. The van der Waals surface area contributed by atoms with E-state index in [1.165, 1.54) is 0 Å². The molecule has 0 unspecified atom stereocenters. The summed E-state index contributed by atoms with van der Waals surface area (Å²) in [7, 11) is 0. The number of carbonyl (C=O) groups excluding carboxylic acids is 2. The number of hydrogen-bond acceptors (Lipinski definition) is 3. The third-order valence-corrected chi connectivity index (χ3v) is 2.83. The van der Waals surface area contributed by atoms with E-state index in [1.807, 2.05) is 13.8 Å². The van der Waals surface area contributed by atoms with Gasteiger partial charge >= 0.3 is 11.9 Å². The third kappa shape index (κ3) is 1.24. The van der Waals surface area contributed by atoms with Crippen LogP contribution in [0.2, 0.25) is 0 Å². The summed E-state index contributed by atoms with van der Waals surface area (Å²) in [6, 6.07) is 1.69. The maximum atomic E-state index is 11.5. The Morgan fingerprint density at radius 2 is 2.06 bits per heavy atom. The van der Waals surface area contributed by atoms with E-state index in [1.54, 1.807) is 6.07 Å². The first kappa shape index (κ1) is 10.4. The van der Waals surface area contributed by atoms with E-state index in [9.17, 15) is 9.59 Å². The molecule has 0 aromatic heterocycles. The number of carbonyl (C=O) groups is 2. The smallest absolute Gasteiger partial charge is 0.348 e. The second-order valence-electron chi connectivity index (χ2n) is 3.63. The number of ether oxygens (including phenoxy) is 1. The van der Waals surface area contributed by atoms with Crippen LogP contribution in [0.1, 0.15) is 44.3 Å². The van der Waals surface area contributed by atoms with Crippen LogP contribution in [-0.2, 0) is 11.2 Å². The summed E-state index contributed by atoms with van der Waals surface area (Å²) >= 11 is 0. The van der Waals surface area contributed by atoms with E-state index in [0.717, 1.165) is 17.5 Å². The number of hydrogen-bond donors (Lipinski definition) is 0. The highest BCUT2D eigenvalue weighted by atomic mass is 16.6. The molecule has 0 spiro atoms. The molecule has 1 aromatic carbocycles. The van der Waals surface area contributed by atoms with E-state index < -0.39 is 11.9 Å². The Labute approximate surface area is 93.4 Å². The summed E-state index contributed by atoms with van der Waals surface area (Å²) in [6.07, 6.45) is 6.15. The van der Waals surface area contributed by atoms with E-state index in [-0.39, 0.29) is 5.56 Å². The minimum Gasteiger partial charge on any atom is -0.386 e. The fourth-order valence-corrected chi connectivity index (χ4v) is 1.95. The second kappa shape index (κ2) is 3.49. The summed E-state index contributed by atoms with van der Waals surface area (Å²) in [6.45, 7) is 3.82. The van der Waals surface area contributed by atoms with Gasteiger partial charge in [0, 0.05) is 5.56 Å². The van der Waals surface area contributed by atoms with Crippen LogP contribution in [0, 0.1) is 19.3 Å². The SMILES string of the molecule is C#Cc1c(C)c(CC)cc2c1C(=O)OC2=O. The van der Waals surface area contributed by atoms with Crippen molar-refractivity contribution in [2.24, 2.45) is 0 Å². The fraction of sp³-hybridized carbons (Fsp3) is 0.231. The molecule has 3 nitrogen and oxygen atoms in total. The summed E-state index contributed by atoms with van der Waals surface area (Å²) in [4.78, 5) is 22.9. The van der Waals surface area contributed by atoms with Gasteiger partial charge in [0.15, 0.2) is 0 Å². The van der Waals surface area contributed by atoms with Crippen molar-refractivity contribution in [1.82, 2.24) is 0 Å². The van der Waals surface area contributed by atoms with Crippen molar-refractivity contribution in [2.45, 2.75) is 20.3 Å². The van der Waals surface area contributed by atoms with Gasteiger partial charge in [-0.25, -0.2) is 9.59 Å². The number of cyclic esters (lactones) is 2. The number of benzene rings is 1. The van der Waals surface area contributed by atoms with Crippen LogP contribution < -0.4 is 0 Å². The molecule has 80 valence electrons. The second-order valence-corrected chi connectivity index (χ2v) is 3.63. The van der Waals surface area contributed by atoms with E-state index in [0.29, 0.717) is 11.1 Å². The third-order valence-electron chi connectivity index (χ3n) is 2.83. The maximum absolute atomic E-state index is 11.5. The lowest BCUT2D eigenvalue weighted by Gasteiger charge is -2.08. The van der Waals surface area contributed by atoms with Crippen LogP contribution in [0.4, 0.5) is 0 Å². The van der Waals surface area contributed by atoms with Crippen LogP contribution in [0.15, 0.2) is 6.07 Å². The molecular weight excluding hydrogens is 204 g/mol. The van der Waals surface area contributed by atoms with Crippen LogP contribution in [0.25, 0.3) is 0 Å². The van der Waals surface area contributed by atoms with Crippen molar-refractivity contribution in [1.29, 1.82) is 0 Å². The predicted octanol–water partition coefficient (Wildman–Crippen LogP) is 1.85. The Morgan fingerprint density at radius 3 is 2.62 bits per heavy atom. The Morgan fingerprint density at radius 1 is 1.38 bits per heavy atom. The molecule has 0 bridgehead atoms. The van der Waals surface area contributed by atoms with Gasteiger partial charge in [-0.3, -0.25) is 0 Å². The molecule has 2 rings (SSSR count).